The highest BCUT2D eigenvalue weighted by Gasteiger charge is 2.48. The van der Waals surface area contributed by atoms with Gasteiger partial charge in [0, 0.05) is 23.0 Å². The Labute approximate surface area is 116 Å². The van der Waals surface area contributed by atoms with Crippen LogP contribution in [0.25, 0.3) is 0 Å². The minimum Gasteiger partial charge on any atom is -0.381 e. The van der Waals surface area contributed by atoms with E-state index >= 15 is 0 Å². The summed E-state index contributed by atoms with van der Waals surface area (Å²) in [7, 11) is 1.75. The van der Waals surface area contributed by atoms with Crippen molar-refractivity contribution in [1.82, 2.24) is 0 Å². The number of nitrogens with zero attached hydrogens (tertiary/aromatic N) is 1. The topological polar surface area (TPSA) is 45.0 Å². The summed E-state index contributed by atoms with van der Waals surface area (Å²) in [5.74, 6) is 0. The molecule has 1 aliphatic carbocycles. The van der Waals surface area contributed by atoms with E-state index in [-0.39, 0.29) is 11.5 Å². The van der Waals surface area contributed by atoms with Gasteiger partial charge in [0.25, 0.3) is 0 Å². The molecule has 0 amide bonds. The molecule has 1 aromatic rings. The van der Waals surface area contributed by atoms with Crippen molar-refractivity contribution in [2.45, 2.75) is 32.4 Å². The Morgan fingerprint density at radius 2 is 2.22 bits per heavy atom. The van der Waals surface area contributed by atoms with Gasteiger partial charge >= 0.3 is 0 Å². The van der Waals surface area contributed by atoms with Gasteiger partial charge in [0.1, 0.15) is 6.07 Å². The second-order valence-corrected chi connectivity index (χ2v) is 6.20. The molecule has 0 saturated heterocycles. The van der Waals surface area contributed by atoms with Crippen LogP contribution in [0.15, 0.2) is 22.7 Å². The number of hydrogen-bond acceptors (Lipinski definition) is 3. The van der Waals surface area contributed by atoms with E-state index in [1.807, 2.05) is 18.2 Å². The zero-order chi connectivity index (χ0) is 13.3. The van der Waals surface area contributed by atoms with Crippen LogP contribution >= 0.6 is 15.9 Å². The monoisotopic (exact) mass is 308 g/mol. The summed E-state index contributed by atoms with van der Waals surface area (Å²) in [5, 5.41) is 12.6. The van der Waals surface area contributed by atoms with Crippen LogP contribution < -0.4 is 5.32 Å². The molecule has 1 saturated carbocycles. The van der Waals surface area contributed by atoms with Gasteiger partial charge in [-0.15, -0.1) is 0 Å². The first kappa shape index (κ1) is 13.4. The zero-order valence-electron chi connectivity index (χ0n) is 10.8. The van der Waals surface area contributed by atoms with Crippen molar-refractivity contribution in [3.8, 4) is 6.07 Å². The molecule has 4 heteroatoms. The number of halogens is 1. The maximum atomic E-state index is 9.14. The van der Waals surface area contributed by atoms with Crippen molar-refractivity contribution < 1.29 is 4.74 Å². The first-order chi connectivity index (χ1) is 8.48. The second-order valence-electron chi connectivity index (χ2n) is 5.28. The van der Waals surface area contributed by atoms with Gasteiger partial charge in [-0.2, -0.15) is 5.26 Å². The van der Waals surface area contributed by atoms with Crippen LogP contribution in [0.1, 0.15) is 25.8 Å². The normalized spacial score (nSPS) is 25.1. The van der Waals surface area contributed by atoms with E-state index in [9.17, 15) is 0 Å². The number of anilines is 1. The predicted molar refractivity (Wildman–Crippen MR) is 75.5 cm³/mol. The highest BCUT2D eigenvalue weighted by atomic mass is 79.9. The zero-order valence-corrected chi connectivity index (χ0v) is 12.4. The fraction of sp³-hybridized carbons (Fsp3) is 0.500. The van der Waals surface area contributed by atoms with Crippen LogP contribution in [0.4, 0.5) is 5.69 Å². The molecule has 0 spiro atoms. The quantitative estimate of drug-likeness (QED) is 0.929. The summed E-state index contributed by atoms with van der Waals surface area (Å²) in [5.41, 5.74) is 1.66. The van der Waals surface area contributed by atoms with Crippen LogP contribution in [-0.4, -0.2) is 19.3 Å². The van der Waals surface area contributed by atoms with Crippen LogP contribution in [0, 0.1) is 16.7 Å². The number of ether oxygens (including phenoxy) is 1. The van der Waals surface area contributed by atoms with Crippen molar-refractivity contribution in [2.75, 3.05) is 12.4 Å². The van der Waals surface area contributed by atoms with Gasteiger partial charge in [-0.05, 0) is 24.6 Å². The third kappa shape index (κ3) is 2.25. The van der Waals surface area contributed by atoms with Crippen LogP contribution in [0.5, 0.6) is 0 Å². The molecule has 3 nitrogen and oxygen atoms in total. The molecule has 1 N–H and O–H groups in total. The molecular weight excluding hydrogens is 292 g/mol. The fourth-order valence-corrected chi connectivity index (χ4v) is 2.81. The van der Waals surface area contributed by atoms with Gasteiger partial charge < -0.3 is 10.1 Å². The summed E-state index contributed by atoms with van der Waals surface area (Å²) < 4.78 is 6.36. The Morgan fingerprint density at radius 1 is 1.50 bits per heavy atom. The largest absolute Gasteiger partial charge is 0.381 e. The molecule has 2 atom stereocenters. The highest BCUT2D eigenvalue weighted by Crippen LogP contribution is 2.44. The summed E-state index contributed by atoms with van der Waals surface area (Å²) in [6.07, 6.45) is 1.26. The van der Waals surface area contributed by atoms with E-state index in [1.54, 1.807) is 7.11 Å². The van der Waals surface area contributed by atoms with E-state index in [0.29, 0.717) is 11.6 Å². The van der Waals surface area contributed by atoms with Gasteiger partial charge in [-0.3, -0.25) is 0 Å². The summed E-state index contributed by atoms with van der Waals surface area (Å²) in [4.78, 5) is 0. The number of nitriles is 1. The lowest BCUT2D eigenvalue weighted by atomic mass is 9.64. The Morgan fingerprint density at radius 3 is 2.78 bits per heavy atom. The van der Waals surface area contributed by atoms with Gasteiger partial charge in [0.2, 0.25) is 0 Å². The second kappa shape index (κ2) is 4.91. The van der Waals surface area contributed by atoms with E-state index in [1.165, 1.54) is 0 Å². The molecule has 0 aliphatic heterocycles. The molecule has 1 aromatic carbocycles. The van der Waals surface area contributed by atoms with Crippen LogP contribution in [0.2, 0.25) is 0 Å². The average molecular weight is 309 g/mol. The van der Waals surface area contributed by atoms with Gasteiger partial charge in [0.15, 0.2) is 0 Å². The minimum absolute atomic E-state index is 0.0918. The van der Waals surface area contributed by atoms with E-state index in [4.69, 9.17) is 10.00 Å². The van der Waals surface area contributed by atoms with Crippen molar-refractivity contribution in [1.29, 1.82) is 5.26 Å². The molecular formula is C14H17BrN2O. The summed E-state index contributed by atoms with van der Waals surface area (Å²) in [6, 6.07) is 8.29. The van der Waals surface area contributed by atoms with Gasteiger partial charge in [-0.25, -0.2) is 0 Å². The van der Waals surface area contributed by atoms with Crippen LogP contribution in [0.3, 0.4) is 0 Å². The molecule has 2 rings (SSSR count). The highest BCUT2D eigenvalue weighted by molar-refractivity contribution is 9.10. The maximum absolute atomic E-state index is 9.14. The maximum Gasteiger partial charge on any atom is 0.101 e. The fourth-order valence-electron chi connectivity index (χ4n) is 2.45. The summed E-state index contributed by atoms with van der Waals surface area (Å²) >= 11 is 3.38. The minimum atomic E-state index is 0.0918. The van der Waals surface area contributed by atoms with E-state index in [2.05, 4.69) is 41.2 Å². The number of benzene rings is 1. The Kier molecular flexibility index (Phi) is 3.65. The average Bonchev–Trinajstić information content (AvgIpc) is 2.35. The third-order valence-electron chi connectivity index (χ3n) is 3.89. The molecule has 1 aliphatic rings. The number of rotatable bonds is 3. The number of nitrogens with one attached hydrogen (secondary N) is 1. The van der Waals surface area contributed by atoms with Gasteiger partial charge in [0.05, 0.1) is 17.4 Å². The SMILES string of the molecule is COC1CC(Nc2ccc(Br)cc2C#N)C1(C)C. The first-order valence-electron chi connectivity index (χ1n) is 5.98. The predicted octanol–water partition coefficient (Wildman–Crippen LogP) is 3.55. The molecule has 0 aromatic heterocycles. The molecule has 0 bridgehead atoms. The lowest BCUT2D eigenvalue weighted by Crippen LogP contribution is -2.57. The van der Waals surface area contributed by atoms with Crippen molar-refractivity contribution >= 4 is 21.6 Å². The Bertz CT molecular complexity index is 493. The molecule has 0 radical (unpaired) electrons. The van der Waals surface area contributed by atoms with Crippen LogP contribution in [-0.2, 0) is 4.74 Å². The number of hydrogen-bond donors (Lipinski definition) is 1. The lowest BCUT2D eigenvalue weighted by molar-refractivity contribution is -0.0794. The van der Waals surface area contributed by atoms with Crippen molar-refractivity contribution in [2.24, 2.45) is 5.41 Å². The third-order valence-corrected chi connectivity index (χ3v) is 4.39. The van der Waals surface area contributed by atoms with E-state index < -0.39 is 0 Å². The lowest BCUT2D eigenvalue weighted by Gasteiger charge is -2.51. The molecule has 18 heavy (non-hydrogen) atoms. The smallest absolute Gasteiger partial charge is 0.101 e. The molecule has 96 valence electrons. The Balaban J connectivity index is 2.15. The Hall–Kier alpha value is -1.05. The molecule has 2 unspecified atom stereocenters. The van der Waals surface area contributed by atoms with E-state index in [0.717, 1.165) is 16.6 Å². The van der Waals surface area contributed by atoms with Crippen molar-refractivity contribution in [3.63, 3.8) is 0 Å². The summed E-state index contributed by atoms with van der Waals surface area (Å²) in [6.45, 7) is 4.38. The number of methoxy groups -OCH3 is 1. The molecule has 1 fully saturated rings. The van der Waals surface area contributed by atoms with Gasteiger partial charge in [-0.1, -0.05) is 29.8 Å². The standard InChI is InChI=1S/C14H17BrN2O/c1-14(2)12(7-13(14)18-3)17-11-5-4-10(15)6-9(11)8-16/h4-6,12-13,17H,7H2,1-3H3. The van der Waals surface area contributed by atoms with Crippen molar-refractivity contribution in [3.05, 3.63) is 28.2 Å². The molecule has 0 heterocycles. The first-order valence-corrected chi connectivity index (χ1v) is 6.77.